The van der Waals surface area contributed by atoms with Gasteiger partial charge in [0, 0.05) is 13.1 Å². The minimum absolute atomic E-state index is 0. The number of ether oxygens (including phenoxy) is 1. The molecule has 0 atom stereocenters. The first kappa shape index (κ1) is 22.0. The molecular formula is C19H33IN4O. The molecule has 0 aromatic heterocycles. The lowest BCUT2D eigenvalue weighted by atomic mass is 9.85. The van der Waals surface area contributed by atoms with Crippen LogP contribution in [0.1, 0.15) is 38.7 Å². The number of benzene rings is 1. The molecule has 1 aliphatic rings. The molecule has 1 aromatic carbocycles. The highest BCUT2D eigenvalue weighted by Gasteiger charge is 2.16. The van der Waals surface area contributed by atoms with E-state index in [0.717, 1.165) is 50.0 Å². The first-order chi connectivity index (χ1) is 11.7. The SMILES string of the molecule is CCN(CC)CCOc1ccc(CN=C(N)NCC2CCC2)cc1.I. The normalized spacial score (nSPS) is 14.8. The van der Waals surface area contributed by atoms with Gasteiger partial charge in [0.2, 0.25) is 0 Å². The van der Waals surface area contributed by atoms with Crippen LogP contribution in [0.2, 0.25) is 0 Å². The number of guanidine groups is 1. The minimum Gasteiger partial charge on any atom is -0.492 e. The van der Waals surface area contributed by atoms with Crippen LogP contribution in [0.4, 0.5) is 0 Å². The van der Waals surface area contributed by atoms with Crippen molar-refractivity contribution in [3.63, 3.8) is 0 Å². The van der Waals surface area contributed by atoms with Gasteiger partial charge in [0.1, 0.15) is 12.4 Å². The second-order valence-corrected chi connectivity index (χ2v) is 6.40. The maximum atomic E-state index is 5.91. The van der Waals surface area contributed by atoms with E-state index < -0.39 is 0 Å². The van der Waals surface area contributed by atoms with Gasteiger partial charge in [-0.1, -0.05) is 32.4 Å². The van der Waals surface area contributed by atoms with E-state index in [-0.39, 0.29) is 24.0 Å². The second-order valence-electron chi connectivity index (χ2n) is 6.40. The lowest BCUT2D eigenvalue weighted by Crippen LogP contribution is -2.37. The van der Waals surface area contributed by atoms with Gasteiger partial charge in [-0.15, -0.1) is 24.0 Å². The zero-order valence-corrected chi connectivity index (χ0v) is 17.9. The van der Waals surface area contributed by atoms with Crippen molar-refractivity contribution in [3.8, 4) is 5.75 Å². The lowest BCUT2D eigenvalue weighted by molar-refractivity contribution is 0.223. The van der Waals surface area contributed by atoms with Crippen LogP contribution in [0.15, 0.2) is 29.3 Å². The predicted octanol–water partition coefficient (Wildman–Crippen LogP) is 3.23. The average Bonchev–Trinajstić information content (AvgIpc) is 2.56. The molecule has 6 heteroatoms. The Kier molecular flexibility index (Phi) is 10.9. The van der Waals surface area contributed by atoms with Crippen molar-refractivity contribution in [3.05, 3.63) is 29.8 Å². The molecular weight excluding hydrogens is 427 g/mol. The van der Waals surface area contributed by atoms with Gasteiger partial charge in [-0.25, -0.2) is 4.99 Å². The topological polar surface area (TPSA) is 62.9 Å². The Hall–Kier alpha value is -1.02. The Morgan fingerprint density at radius 2 is 1.92 bits per heavy atom. The number of nitrogens with one attached hydrogen (secondary N) is 1. The fourth-order valence-electron chi connectivity index (χ4n) is 2.70. The summed E-state index contributed by atoms with van der Waals surface area (Å²) < 4.78 is 5.79. The van der Waals surface area contributed by atoms with Crippen LogP contribution in [0.3, 0.4) is 0 Å². The number of nitrogens with zero attached hydrogens (tertiary/aromatic N) is 2. The third-order valence-electron chi connectivity index (χ3n) is 4.72. The highest BCUT2D eigenvalue weighted by Crippen LogP contribution is 2.25. The van der Waals surface area contributed by atoms with Gasteiger partial charge in [0.15, 0.2) is 5.96 Å². The molecule has 2 rings (SSSR count). The third-order valence-corrected chi connectivity index (χ3v) is 4.72. The number of aliphatic imine (C=N–C) groups is 1. The van der Waals surface area contributed by atoms with E-state index in [4.69, 9.17) is 10.5 Å². The van der Waals surface area contributed by atoms with Gasteiger partial charge in [0.05, 0.1) is 6.54 Å². The summed E-state index contributed by atoms with van der Waals surface area (Å²) in [6.07, 6.45) is 3.98. The molecule has 0 radical (unpaired) electrons. The lowest BCUT2D eigenvalue weighted by Gasteiger charge is -2.25. The molecule has 0 aliphatic heterocycles. The van der Waals surface area contributed by atoms with Crippen LogP contribution < -0.4 is 15.8 Å². The molecule has 5 nitrogen and oxygen atoms in total. The summed E-state index contributed by atoms with van der Waals surface area (Å²) >= 11 is 0. The van der Waals surface area contributed by atoms with E-state index in [0.29, 0.717) is 12.5 Å². The summed E-state index contributed by atoms with van der Waals surface area (Å²) in [6, 6.07) is 8.11. The van der Waals surface area contributed by atoms with Gasteiger partial charge in [-0.2, -0.15) is 0 Å². The Balaban J connectivity index is 0.00000312. The molecule has 0 heterocycles. The van der Waals surface area contributed by atoms with E-state index >= 15 is 0 Å². The molecule has 0 spiro atoms. The molecule has 1 fully saturated rings. The van der Waals surface area contributed by atoms with Crippen molar-refractivity contribution >= 4 is 29.9 Å². The number of hydrogen-bond donors (Lipinski definition) is 2. The van der Waals surface area contributed by atoms with Crippen molar-refractivity contribution in [2.24, 2.45) is 16.6 Å². The molecule has 0 saturated heterocycles. The summed E-state index contributed by atoms with van der Waals surface area (Å²) in [5.74, 6) is 2.24. The van der Waals surface area contributed by atoms with Gasteiger partial charge >= 0.3 is 0 Å². The van der Waals surface area contributed by atoms with E-state index in [1.165, 1.54) is 19.3 Å². The average molecular weight is 460 g/mol. The maximum Gasteiger partial charge on any atom is 0.188 e. The summed E-state index contributed by atoms with van der Waals surface area (Å²) in [6.45, 7) is 9.70. The first-order valence-corrected chi connectivity index (χ1v) is 9.19. The summed E-state index contributed by atoms with van der Waals surface area (Å²) in [4.78, 5) is 6.75. The number of likely N-dealkylation sites (N-methyl/N-ethyl adjacent to an activating group) is 1. The van der Waals surface area contributed by atoms with Crippen molar-refractivity contribution in [2.45, 2.75) is 39.7 Å². The summed E-state index contributed by atoms with van der Waals surface area (Å²) in [5, 5.41) is 3.21. The largest absolute Gasteiger partial charge is 0.492 e. The standard InChI is InChI=1S/C19H32N4O.HI/c1-3-23(4-2)12-13-24-18-10-8-17(9-11-18)15-22-19(20)21-14-16-6-5-7-16;/h8-11,16H,3-7,12-15H2,1-2H3,(H3,20,21,22);1H. The molecule has 142 valence electrons. The number of hydrogen-bond acceptors (Lipinski definition) is 3. The van der Waals surface area contributed by atoms with Crippen LogP contribution in [0.25, 0.3) is 0 Å². The zero-order valence-electron chi connectivity index (χ0n) is 15.5. The monoisotopic (exact) mass is 460 g/mol. The fraction of sp³-hybridized carbons (Fsp3) is 0.632. The molecule has 0 amide bonds. The number of nitrogens with two attached hydrogens (primary N) is 1. The third kappa shape index (κ3) is 8.27. The maximum absolute atomic E-state index is 5.91. The molecule has 1 aliphatic carbocycles. The zero-order chi connectivity index (χ0) is 17.2. The van der Waals surface area contributed by atoms with E-state index in [9.17, 15) is 0 Å². The Labute approximate surface area is 169 Å². The second kappa shape index (κ2) is 12.4. The summed E-state index contributed by atoms with van der Waals surface area (Å²) in [7, 11) is 0. The fourth-order valence-corrected chi connectivity index (χ4v) is 2.70. The Bertz CT molecular complexity index is 499. The highest BCUT2D eigenvalue weighted by molar-refractivity contribution is 14.0. The van der Waals surface area contributed by atoms with Gasteiger partial charge in [-0.05, 0) is 49.5 Å². The van der Waals surface area contributed by atoms with Gasteiger partial charge in [-0.3, -0.25) is 0 Å². The van der Waals surface area contributed by atoms with Gasteiger partial charge < -0.3 is 20.7 Å². The van der Waals surface area contributed by atoms with Crippen molar-refractivity contribution in [2.75, 3.05) is 32.8 Å². The van der Waals surface area contributed by atoms with Crippen LogP contribution in [-0.4, -0.2) is 43.6 Å². The minimum atomic E-state index is 0. The smallest absolute Gasteiger partial charge is 0.188 e. The van der Waals surface area contributed by atoms with Crippen molar-refractivity contribution in [1.29, 1.82) is 0 Å². The molecule has 0 bridgehead atoms. The Morgan fingerprint density at radius 3 is 2.48 bits per heavy atom. The molecule has 0 unspecified atom stereocenters. The first-order valence-electron chi connectivity index (χ1n) is 9.19. The quantitative estimate of drug-likeness (QED) is 0.320. The predicted molar refractivity (Wildman–Crippen MR) is 116 cm³/mol. The van der Waals surface area contributed by atoms with E-state index in [1.807, 2.05) is 12.1 Å². The molecule has 25 heavy (non-hydrogen) atoms. The summed E-state index contributed by atoms with van der Waals surface area (Å²) in [5.41, 5.74) is 7.05. The van der Waals surface area contributed by atoms with Crippen molar-refractivity contribution in [1.82, 2.24) is 10.2 Å². The van der Waals surface area contributed by atoms with Crippen LogP contribution in [0, 0.1) is 5.92 Å². The van der Waals surface area contributed by atoms with Gasteiger partial charge in [0.25, 0.3) is 0 Å². The Morgan fingerprint density at radius 1 is 1.24 bits per heavy atom. The molecule has 1 aromatic rings. The molecule has 1 saturated carbocycles. The number of halogens is 1. The van der Waals surface area contributed by atoms with Crippen LogP contribution >= 0.6 is 24.0 Å². The molecule has 3 N–H and O–H groups in total. The number of rotatable bonds is 10. The van der Waals surface area contributed by atoms with Crippen LogP contribution in [-0.2, 0) is 6.54 Å². The van der Waals surface area contributed by atoms with E-state index in [1.54, 1.807) is 0 Å². The highest BCUT2D eigenvalue weighted by atomic mass is 127. The van der Waals surface area contributed by atoms with Crippen LogP contribution in [0.5, 0.6) is 5.75 Å². The van der Waals surface area contributed by atoms with Crippen molar-refractivity contribution < 1.29 is 4.74 Å². The van der Waals surface area contributed by atoms with E-state index in [2.05, 4.69) is 41.2 Å².